The van der Waals surface area contributed by atoms with E-state index in [2.05, 4.69) is 36.2 Å². The summed E-state index contributed by atoms with van der Waals surface area (Å²) >= 11 is 0. The second-order valence-electron chi connectivity index (χ2n) is 8.32. The summed E-state index contributed by atoms with van der Waals surface area (Å²) in [5.74, 6) is 2.00. The molecule has 2 aliphatic rings. The number of amides is 1. The average molecular weight is 395 g/mol. The molecule has 1 saturated carbocycles. The third-order valence-corrected chi connectivity index (χ3v) is 5.87. The van der Waals surface area contributed by atoms with Crippen LogP contribution in [0.3, 0.4) is 0 Å². The lowest BCUT2D eigenvalue weighted by atomic mass is 10.0. The van der Waals surface area contributed by atoms with Gasteiger partial charge in [-0.3, -0.25) is 9.69 Å². The van der Waals surface area contributed by atoms with Crippen LogP contribution >= 0.6 is 0 Å². The second kappa shape index (κ2) is 8.87. The van der Waals surface area contributed by atoms with Gasteiger partial charge in [0.1, 0.15) is 0 Å². The van der Waals surface area contributed by atoms with E-state index in [-0.39, 0.29) is 12.7 Å². The van der Waals surface area contributed by atoms with Gasteiger partial charge >= 0.3 is 0 Å². The van der Waals surface area contributed by atoms with Crippen molar-refractivity contribution < 1.29 is 14.3 Å². The van der Waals surface area contributed by atoms with Gasteiger partial charge in [0.2, 0.25) is 12.7 Å². The van der Waals surface area contributed by atoms with E-state index in [4.69, 9.17) is 9.47 Å². The standard InChI is InChI=1S/C24H30N2O3/c1-17(2)20-9-5-6-10-21(20)25-24(27)15-26(19-7-3-4-8-19)14-18-11-12-22-23(13-18)29-16-28-22/h5-6,9-13,17,19H,3-4,7-8,14-16H2,1-2H3,(H,25,27). The Morgan fingerprint density at radius 1 is 1.10 bits per heavy atom. The maximum Gasteiger partial charge on any atom is 0.238 e. The van der Waals surface area contributed by atoms with Crippen molar-refractivity contribution in [3.63, 3.8) is 0 Å². The van der Waals surface area contributed by atoms with Gasteiger partial charge in [-0.25, -0.2) is 0 Å². The van der Waals surface area contributed by atoms with Gasteiger partial charge in [-0.2, -0.15) is 0 Å². The molecule has 5 nitrogen and oxygen atoms in total. The van der Waals surface area contributed by atoms with Gasteiger partial charge in [0, 0.05) is 18.3 Å². The summed E-state index contributed by atoms with van der Waals surface area (Å²) in [6, 6.07) is 14.6. The Balaban J connectivity index is 1.47. The Kier molecular flexibility index (Phi) is 6.05. The maximum absolute atomic E-state index is 12.9. The summed E-state index contributed by atoms with van der Waals surface area (Å²) in [7, 11) is 0. The highest BCUT2D eigenvalue weighted by atomic mass is 16.7. The van der Waals surface area contributed by atoms with Crippen molar-refractivity contribution in [3.8, 4) is 11.5 Å². The first-order valence-electron chi connectivity index (χ1n) is 10.6. The molecule has 0 spiro atoms. The van der Waals surface area contributed by atoms with E-state index in [1.54, 1.807) is 0 Å². The minimum Gasteiger partial charge on any atom is -0.454 e. The fourth-order valence-corrected chi connectivity index (χ4v) is 4.35. The van der Waals surface area contributed by atoms with Crippen LogP contribution in [0.5, 0.6) is 11.5 Å². The molecule has 0 saturated heterocycles. The molecule has 154 valence electrons. The van der Waals surface area contributed by atoms with Crippen molar-refractivity contribution in [1.82, 2.24) is 4.90 Å². The van der Waals surface area contributed by atoms with E-state index in [0.29, 0.717) is 18.5 Å². The Morgan fingerprint density at radius 2 is 1.86 bits per heavy atom. The number of benzene rings is 2. The molecule has 1 heterocycles. The first-order valence-corrected chi connectivity index (χ1v) is 10.6. The molecule has 29 heavy (non-hydrogen) atoms. The van der Waals surface area contributed by atoms with E-state index < -0.39 is 0 Å². The number of nitrogens with one attached hydrogen (secondary N) is 1. The van der Waals surface area contributed by atoms with Gasteiger partial charge < -0.3 is 14.8 Å². The molecule has 5 heteroatoms. The normalized spacial score (nSPS) is 16.0. The van der Waals surface area contributed by atoms with Gasteiger partial charge in [0.05, 0.1) is 6.54 Å². The largest absolute Gasteiger partial charge is 0.454 e. The summed E-state index contributed by atoms with van der Waals surface area (Å²) in [6.45, 7) is 5.71. The van der Waals surface area contributed by atoms with Crippen molar-refractivity contribution >= 4 is 11.6 Å². The zero-order chi connectivity index (χ0) is 20.2. The Hall–Kier alpha value is -2.53. The number of nitrogens with zero attached hydrogens (tertiary/aromatic N) is 1. The zero-order valence-corrected chi connectivity index (χ0v) is 17.3. The molecule has 1 amide bonds. The molecule has 2 aromatic carbocycles. The highest BCUT2D eigenvalue weighted by Gasteiger charge is 2.25. The first-order chi connectivity index (χ1) is 14.1. The van der Waals surface area contributed by atoms with Crippen LogP contribution in [0.2, 0.25) is 0 Å². The van der Waals surface area contributed by atoms with E-state index in [0.717, 1.165) is 42.1 Å². The number of carbonyl (C=O) groups excluding carboxylic acids is 1. The highest BCUT2D eigenvalue weighted by Crippen LogP contribution is 2.33. The van der Waals surface area contributed by atoms with Gasteiger partial charge in [0.25, 0.3) is 0 Å². The third-order valence-electron chi connectivity index (χ3n) is 5.87. The van der Waals surface area contributed by atoms with Crippen LogP contribution in [0.25, 0.3) is 0 Å². The second-order valence-corrected chi connectivity index (χ2v) is 8.32. The highest BCUT2D eigenvalue weighted by molar-refractivity contribution is 5.93. The van der Waals surface area contributed by atoms with E-state index in [1.807, 2.05) is 30.3 Å². The van der Waals surface area contributed by atoms with Gasteiger partial charge in [-0.1, -0.05) is 51.0 Å². The minimum absolute atomic E-state index is 0.0470. The summed E-state index contributed by atoms with van der Waals surface area (Å²) in [5, 5.41) is 3.15. The van der Waals surface area contributed by atoms with Crippen LogP contribution in [0, 0.1) is 0 Å². The number of carbonyl (C=O) groups is 1. The molecule has 0 atom stereocenters. The molecular weight excluding hydrogens is 364 g/mol. The predicted molar refractivity (Wildman–Crippen MR) is 114 cm³/mol. The number of hydrogen-bond acceptors (Lipinski definition) is 4. The average Bonchev–Trinajstić information content (AvgIpc) is 3.39. The summed E-state index contributed by atoms with van der Waals surface area (Å²) in [5.41, 5.74) is 3.24. The zero-order valence-electron chi connectivity index (χ0n) is 17.3. The minimum atomic E-state index is 0.0470. The van der Waals surface area contributed by atoms with Gasteiger partial charge in [0.15, 0.2) is 11.5 Å². The van der Waals surface area contributed by atoms with Crippen molar-refractivity contribution in [2.45, 2.75) is 58.0 Å². The van der Waals surface area contributed by atoms with Crippen molar-refractivity contribution in [2.24, 2.45) is 0 Å². The van der Waals surface area contributed by atoms with Crippen molar-refractivity contribution in [1.29, 1.82) is 0 Å². The predicted octanol–water partition coefficient (Wildman–Crippen LogP) is 4.92. The Bertz CT molecular complexity index is 859. The van der Waals surface area contributed by atoms with Crippen molar-refractivity contribution in [2.75, 3.05) is 18.7 Å². The van der Waals surface area contributed by atoms with Gasteiger partial charge in [-0.15, -0.1) is 0 Å². The number of rotatable bonds is 7. The van der Waals surface area contributed by atoms with Gasteiger partial charge in [-0.05, 0) is 48.1 Å². The molecular formula is C24H30N2O3. The van der Waals surface area contributed by atoms with E-state index in [9.17, 15) is 4.79 Å². The lowest BCUT2D eigenvalue weighted by molar-refractivity contribution is -0.118. The molecule has 1 aliphatic heterocycles. The van der Waals surface area contributed by atoms with Crippen LogP contribution in [-0.4, -0.2) is 30.2 Å². The number of para-hydroxylation sites is 1. The van der Waals surface area contributed by atoms with Crippen LogP contribution < -0.4 is 14.8 Å². The lowest BCUT2D eigenvalue weighted by Crippen LogP contribution is -2.39. The molecule has 1 N–H and O–H groups in total. The summed E-state index contributed by atoms with van der Waals surface area (Å²) < 4.78 is 10.9. The van der Waals surface area contributed by atoms with Crippen LogP contribution in [0.4, 0.5) is 5.69 Å². The third kappa shape index (κ3) is 4.73. The molecule has 1 aliphatic carbocycles. The van der Waals surface area contributed by atoms with E-state index in [1.165, 1.54) is 18.4 Å². The number of ether oxygens (including phenoxy) is 2. The van der Waals surface area contributed by atoms with E-state index >= 15 is 0 Å². The Labute approximate surface area is 173 Å². The number of anilines is 1. The molecule has 2 aromatic rings. The molecule has 1 fully saturated rings. The fraction of sp³-hybridized carbons (Fsp3) is 0.458. The molecule has 4 rings (SSSR count). The smallest absolute Gasteiger partial charge is 0.238 e. The molecule has 0 bridgehead atoms. The van der Waals surface area contributed by atoms with Crippen LogP contribution in [0.1, 0.15) is 56.6 Å². The number of fused-ring (bicyclic) bond motifs is 1. The lowest BCUT2D eigenvalue weighted by Gasteiger charge is -2.28. The van der Waals surface area contributed by atoms with Crippen LogP contribution in [0.15, 0.2) is 42.5 Å². The SMILES string of the molecule is CC(C)c1ccccc1NC(=O)CN(Cc1ccc2c(c1)OCO2)C1CCCC1. The first kappa shape index (κ1) is 19.8. The number of hydrogen-bond donors (Lipinski definition) is 1. The topological polar surface area (TPSA) is 50.8 Å². The molecule has 0 aromatic heterocycles. The van der Waals surface area contributed by atoms with Crippen LogP contribution in [-0.2, 0) is 11.3 Å². The monoisotopic (exact) mass is 394 g/mol. The Morgan fingerprint density at radius 3 is 2.66 bits per heavy atom. The van der Waals surface area contributed by atoms with Crippen molar-refractivity contribution in [3.05, 3.63) is 53.6 Å². The quantitative estimate of drug-likeness (QED) is 0.724. The fourth-order valence-electron chi connectivity index (χ4n) is 4.35. The molecule has 0 radical (unpaired) electrons. The maximum atomic E-state index is 12.9. The summed E-state index contributed by atoms with van der Waals surface area (Å²) in [6.07, 6.45) is 4.78. The molecule has 0 unspecified atom stereocenters. The summed E-state index contributed by atoms with van der Waals surface area (Å²) in [4.78, 5) is 15.3.